The number of nitrogen functional groups attached to an aromatic ring is 1. The molecule has 1 aromatic rings. The Hall–Kier alpha value is -2.05. The van der Waals surface area contributed by atoms with Crippen LogP contribution in [0.1, 0.15) is 31.4 Å². The van der Waals surface area contributed by atoms with Crippen molar-refractivity contribution >= 4 is 17.9 Å². The Morgan fingerprint density at radius 1 is 1.30 bits per heavy atom. The van der Waals surface area contributed by atoms with Crippen LogP contribution in [0.2, 0.25) is 0 Å². The van der Waals surface area contributed by atoms with E-state index < -0.39 is 6.09 Å². The first-order valence-corrected chi connectivity index (χ1v) is 8.48. The van der Waals surface area contributed by atoms with Crippen molar-refractivity contribution in [3.05, 3.63) is 11.8 Å². The summed E-state index contributed by atoms with van der Waals surface area (Å²) in [5.41, 5.74) is 6.88. The molecule has 0 spiro atoms. The molecule has 0 aromatic carbocycles. The third-order valence-corrected chi connectivity index (χ3v) is 5.55. The van der Waals surface area contributed by atoms with E-state index in [1.807, 2.05) is 6.07 Å². The molecule has 3 atom stereocenters. The molecule has 1 aliphatic heterocycles. The van der Waals surface area contributed by atoms with Gasteiger partial charge in [0.25, 0.3) is 0 Å². The first kappa shape index (κ1) is 14.5. The standard InChI is InChI=1S/C16H23N5O2/c17-15-18-10(5-9-3-1-2-4-9)6-13(20-15)19-14-11-7-21(16(22)23)8-12(11)14/h6,9,11-12,14H,1-5,7-8H2,(H,22,23)(H3,17,18,19,20)/t11-,12+,14-. The number of likely N-dealkylation sites (tertiary alicyclic amines) is 1. The molecular weight excluding hydrogens is 294 g/mol. The van der Waals surface area contributed by atoms with Crippen LogP contribution in [0, 0.1) is 17.8 Å². The Morgan fingerprint density at radius 3 is 2.65 bits per heavy atom. The minimum absolute atomic E-state index is 0.319. The van der Waals surface area contributed by atoms with Gasteiger partial charge in [0, 0.05) is 42.7 Å². The maximum atomic E-state index is 11.0. The second kappa shape index (κ2) is 5.54. The van der Waals surface area contributed by atoms with Crippen molar-refractivity contribution in [2.24, 2.45) is 17.8 Å². The van der Waals surface area contributed by atoms with Crippen molar-refractivity contribution in [3.8, 4) is 0 Å². The van der Waals surface area contributed by atoms with Gasteiger partial charge in [0.2, 0.25) is 5.95 Å². The molecule has 0 bridgehead atoms. The van der Waals surface area contributed by atoms with Gasteiger partial charge in [-0.1, -0.05) is 25.7 Å². The smallest absolute Gasteiger partial charge is 0.407 e. The van der Waals surface area contributed by atoms with Crippen LogP contribution < -0.4 is 11.1 Å². The Kier molecular flexibility index (Phi) is 3.50. The maximum Gasteiger partial charge on any atom is 0.407 e. The molecule has 124 valence electrons. The summed E-state index contributed by atoms with van der Waals surface area (Å²) in [6, 6.07) is 2.33. The maximum absolute atomic E-state index is 11.0. The fourth-order valence-electron chi connectivity index (χ4n) is 4.27. The summed E-state index contributed by atoms with van der Waals surface area (Å²) in [4.78, 5) is 21.1. The lowest BCUT2D eigenvalue weighted by Crippen LogP contribution is -2.32. The molecule has 1 saturated heterocycles. The summed E-state index contributed by atoms with van der Waals surface area (Å²) in [6.45, 7) is 1.24. The third kappa shape index (κ3) is 2.92. The molecule has 0 radical (unpaired) electrons. The fraction of sp³-hybridized carbons (Fsp3) is 0.688. The first-order valence-electron chi connectivity index (χ1n) is 8.48. The molecule has 1 amide bonds. The number of carbonyl (C=O) groups is 1. The molecule has 23 heavy (non-hydrogen) atoms. The SMILES string of the molecule is Nc1nc(CC2CCCC2)cc(N[C@@H]2[C@@H]3CN(C(=O)O)C[C@@H]32)n1. The number of hydrogen-bond donors (Lipinski definition) is 3. The Labute approximate surface area is 135 Å². The average molecular weight is 317 g/mol. The van der Waals surface area contributed by atoms with Gasteiger partial charge >= 0.3 is 6.09 Å². The van der Waals surface area contributed by atoms with Crippen molar-refractivity contribution in [2.75, 3.05) is 24.1 Å². The van der Waals surface area contributed by atoms with Crippen LogP contribution in [-0.2, 0) is 6.42 Å². The minimum atomic E-state index is -0.818. The number of nitrogens with two attached hydrogens (primary N) is 1. The van der Waals surface area contributed by atoms with Crippen LogP contribution >= 0.6 is 0 Å². The molecule has 2 aliphatic carbocycles. The van der Waals surface area contributed by atoms with Crippen LogP contribution in [0.5, 0.6) is 0 Å². The number of anilines is 2. The highest BCUT2D eigenvalue weighted by Crippen LogP contribution is 2.47. The number of fused-ring (bicyclic) bond motifs is 1. The normalized spacial score (nSPS) is 29.6. The lowest BCUT2D eigenvalue weighted by atomic mass is 10.0. The predicted molar refractivity (Wildman–Crippen MR) is 86.1 cm³/mol. The summed E-state index contributed by atoms with van der Waals surface area (Å²) >= 11 is 0. The van der Waals surface area contributed by atoms with Gasteiger partial charge in [-0.25, -0.2) is 9.78 Å². The fourth-order valence-corrected chi connectivity index (χ4v) is 4.27. The highest BCUT2D eigenvalue weighted by atomic mass is 16.4. The van der Waals surface area contributed by atoms with E-state index in [4.69, 9.17) is 10.8 Å². The van der Waals surface area contributed by atoms with Crippen molar-refractivity contribution in [2.45, 2.75) is 38.1 Å². The third-order valence-electron chi connectivity index (χ3n) is 5.55. The van der Waals surface area contributed by atoms with Gasteiger partial charge in [-0.05, 0) is 12.3 Å². The zero-order chi connectivity index (χ0) is 16.0. The van der Waals surface area contributed by atoms with Crippen LogP contribution in [-0.4, -0.2) is 45.2 Å². The first-order chi connectivity index (χ1) is 11.1. The summed E-state index contributed by atoms with van der Waals surface area (Å²) in [5, 5.41) is 12.4. The largest absolute Gasteiger partial charge is 0.465 e. The number of nitrogens with zero attached hydrogens (tertiary/aromatic N) is 3. The van der Waals surface area contributed by atoms with Crippen LogP contribution in [0.3, 0.4) is 0 Å². The molecule has 4 N–H and O–H groups in total. The van der Waals surface area contributed by atoms with E-state index in [-0.39, 0.29) is 0 Å². The van der Waals surface area contributed by atoms with Crippen LogP contribution in [0.25, 0.3) is 0 Å². The van der Waals surface area contributed by atoms with E-state index in [2.05, 4.69) is 15.3 Å². The molecule has 4 rings (SSSR count). The summed E-state index contributed by atoms with van der Waals surface area (Å²) in [6.07, 6.45) is 5.37. The van der Waals surface area contributed by atoms with Gasteiger partial charge in [0.15, 0.2) is 0 Å². The van der Waals surface area contributed by atoms with E-state index in [1.165, 1.54) is 30.6 Å². The molecule has 7 heteroatoms. The van der Waals surface area contributed by atoms with Gasteiger partial charge in [0.1, 0.15) is 5.82 Å². The molecule has 7 nitrogen and oxygen atoms in total. The van der Waals surface area contributed by atoms with Crippen LogP contribution in [0.15, 0.2) is 6.07 Å². The van der Waals surface area contributed by atoms with Gasteiger partial charge in [-0.3, -0.25) is 0 Å². The van der Waals surface area contributed by atoms with E-state index >= 15 is 0 Å². The molecule has 3 fully saturated rings. The second-order valence-corrected chi connectivity index (χ2v) is 7.14. The van der Waals surface area contributed by atoms with Gasteiger partial charge in [-0.2, -0.15) is 4.98 Å². The zero-order valence-electron chi connectivity index (χ0n) is 13.1. The molecule has 0 unspecified atom stereocenters. The quantitative estimate of drug-likeness (QED) is 0.782. The zero-order valence-corrected chi connectivity index (χ0v) is 13.1. The van der Waals surface area contributed by atoms with Gasteiger partial charge in [0.05, 0.1) is 0 Å². The van der Waals surface area contributed by atoms with Crippen molar-refractivity contribution < 1.29 is 9.90 Å². The van der Waals surface area contributed by atoms with E-state index in [9.17, 15) is 4.79 Å². The molecule has 1 aromatic heterocycles. The lowest BCUT2D eigenvalue weighted by molar-refractivity contribution is 0.150. The number of hydrogen-bond acceptors (Lipinski definition) is 5. The lowest BCUT2D eigenvalue weighted by Gasteiger charge is -2.17. The number of piperidine rings is 1. The number of carboxylic acid groups (broad SMARTS) is 1. The molecular formula is C16H23N5O2. The summed E-state index contributed by atoms with van der Waals surface area (Å²) < 4.78 is 0. The van der Waals surface area contributed by atoms with Gasteiger partial charge < -0.3 is 21.1 Å². The Morgan fingerprint density at radius 2 is 2.00 bits per heavy atom. The predicted octanol–water partition coefficient (Wildman–Crippen LogP) is 1.81. The van der Waals surface area contributed by atoms with Gasteiger partial charge in [-0.15, -0.1) is 0 Å². The second-order valence-electron chi connectivity index (χ2n) is 7.14. The number of nitrogens with one attached hydrogen (secondary N) is 1. The monoisotopic (exact) mass is 317 g/mol. The van der Waals surface area contributed by atoms with E-state index in [1.54, 1.807) is 0 Å². The number of aromatic nitrogens is 2. The topological polar surface area (TPSA) is 104 Å². The number of rotatable bonds is 4. The molecule has 3 aliphatic rings. The van der Waals surface area contributed by atoms with Crippen molar-refractivity contribution in [3.63, 3.8) is 0 Å². The van der Waals surface area contributed by atoms with E-state index in [0.29, 0.717) is 36.9 Å². The summed E-state index contributed by atoms with van der Waals surface area (Å²) in [5.74, 6) is 2.63. The van der Waals surface area contributed by atoms with Crippen LogP contribution in [0.4, 0.5) is 16.6 Å². The Bertz CT molecular complexity index is 604. The van der Waals surface area contributed by atoms with E-state index in [0.717, 1.165) is 23.9 Å². The average Bonchev–Trinajstić information content (AvgIpc) is 2.90. The Balaban J connectivity index is 1.38. The summed E-state index contributed by atoms with van der Waals surface area (Å²) in [7, 11) is 0. The molecule has 2 heterocycles. The van der Waals surface area contributed by atoms with Crippen molar-refractivity contribution in [1.82, 2.24) is 14.9 Å². The highest BCUT2D eigenvalue weighted by Gasteiger charge is 2.57. The number of amides is 1. The minimum Gasteiger partial charge on any atom is -0.465 e. The van der Waals surface area contributed by atoms with Crippen molar-refractivity contribution in [1.29, 1.82) is 0 Å². The highest BCUT2D eigenvalue weighted by molar-refractivity contribution is 5.66. The molecule has 2 saturated carbocycles.